The molecule has 0 fully saturated rings. The third-order valence-corrected chi connectivity index (χ3v) is 2.27. The molecule has 1 unspecified atom stereocenters. The van der Waals surface area contributed by atoms with Gasteiger partial charge in [0.05, 0.1) is 0 Å². The number of benzene rings is 1. The van der Waals surface area contributed by atoms with E-state index in [0.717, 1.165) is 12.0 Å². The third kappa shape index (κ3) is 3.17. The van der Waals surface area contributed by atoms with Gasteiger partial charge in [0, 0.05) is 6.04 Å². The monoisotopic (exact) mass is 236 g/mol. The highest BCUT2D eigenvalue weighted by molar-refractivity contribution is 5.26. The number of nitrogens with two attached hydrogens (primary N) is 1. The van der Waals surface area contributed by atoms with Crippen LogP contribution in [0.25, 0.3) is 0 Å². The summed E-state index contributed by atoms with van der Waals surface area (Å²) in [4.78, 5) is 0. The van der Waals surface area contributed by atoms with Crippen molar-refractivity contribution >= 4 is 12.0 Å². The molecule has 1 aromatic carbocycles. The minimum Gasteiger partial charge on any atom is -0.390 e. The van der Waals surface area contributed by atoms with Crippen molar-refractivity contribution in [1.29, 1.82) is 0 Å². The van der Waals surface area contributed by atoms with Gasteiger partial charge in [-0.05, 0) is 31.0 Å². The van der Waals surface area contributed by atoms with E-state index in [-0.39, 0.29) is 23.9 Å². The Kier molecular flexibility index (Phi) is 3.22. The average Bonchev–Trinajstić information content (AvgIpc) is 2.67. The van der Waals surface area contributed by atoms with E-state index in [1.165, 1.54) is 12.1 Å². The molecule has 1 aromatic heterocycles. The summed E-state index contributed by atoms with van der Waals surface area (Å²) in [6.07, 6.45) is 0.725. The topological polar surface area (TPSA) is 77.0 Å². The fourth-order valence-electron chi connectivity index (χ4n) is 1.53. The van der Waals surface area contributed by atoms with Gasteiger partial charge in [0.1, 0.15) is 5.82 Å². The molecule has 5 nitrogen and oxygen atoms in total. The number of nitrogen functional groups attached to an aromatic ring is 1. The summed E-state index contributed by atoms with van der Waals surface area (Å²) in [5.41, 5.74) is 6.33. The van der Waals surface area contributed by atoms with Crippen molar-refractivity contribution in [1.82, 2.24) is 10.2 Å². The SMILES string of the molecule is CC(Cc1ccc(F)cc1)Nc1nnc(N)o1. The molecule has 0 amide bonds. The molecule has 0 aliphatic rings. The predicted molar refractivity (Wildman–Crippen MR) is 61.9 cm³/mol. The van der Waals surface area contributed by atoms with Crippen molar-refractivity contribution in [2.24, 2.45) is 0 Å². The summed E-state index contributed by atoms with van der Waals surface area (Å²) in [7, 11) is 0. The zero-order valence-corrected chi connectivity index (χ0v) is 9.35. The van der Waals surface area contributed by atoms with Gasteiger partial charge in [-0.1, -0.05) is 22.3 Å². The first-order valence-electron chi connectivity index (χ1n) is 5.23. The standard InChI is InChI=1S/C11H13FN4O/c1-7(14-11-16-15-10(13)17-11)6-8-2-4-9(12)5-3-8/h2-5,7H,6H2,1H3,(H2,13,15)(H,14,16). The summed E-state index contributed by atoms with van der Waals surface area (Å²) in [5.74, 6) is -0.237. The lowest BCUT2D eigenvalue weighted by molar-refractivity contribution is 0.574. The second kappa shape index (κ2) is 4.82. The van der Waals surface area contributed by atoms with Crippen LogP contribution in [0.1, 0.15) is 12.5 Å². The normalized spacial score (nSPS) is 12.4. The number of hydrogen-bond donors (Lipinski definition) is 2. The highest BCUT2D eigenvalue weighted by Gasteiger charge is 2.08. The number of aromatic nitrogens is 2. The van der Waals surface area contributed by atoms with Gasteiger partial charge in [0.25, 0.3) is 0 Å². The second-order valence-electron chi connectivity index (χ2n) is 3.82. The Morgan fingerprint density at radius 2 is 2.06 bits per heavy atom. The van der Waals surface area contributed by atoms with E-state index in [9.17, 15) is 4.39 Å². The van der Waals surface area contributed by atoms with Gasteiger partial charge in [0.2, 0.25) is 0 Å². The molecule has 3 N–H and O–H groups in total. The van der Waals surface area contributed by atoms with Crippen molar-refractivity contribution in [3.8, 4) is 0 Å². The lowest BCUT2D eigenvalue weighted by Crippen LogP contribution is -2.18. The van der Waals surface area contributed by atoms with Crippen LogP contribution in [-0.2, 0) is 6.42 Å². The Bertz CT molecular complexity index is 482. The van der Waals surface area contributed by atoms with Crippen molar-refractivity contribution in [2.45, 2.75) is 19.4 Å². The first kappa shape index (κ1) is 11.4. The Labute approximate surface area is 97.8 Å². The third-order valence-electron chi connectivity index (χ3n) is 2.27. The van der Waals surface area contributed by atoms with Crippen LogP contribution < -0.4 is 11.1 Å². The molecule has 0 bridgehead atoms. The predicted octanol–water partition coefficient (Wildman–Crippen LogP) is 1.83. The van der Waals surface area contributed by atoms with Crippen molar-refractivity contribution < 1.29 is 8.81 Å². The van der Waals surface area contributed by atoms with Gasteiger partial charge in [-0.3, -0.25) is 0 Å². The Hall–Kier alpha value is -2.11. The molecule has 2 rings (SSSR count). The van der Waals surface area contributed by atoms with Gasteiger partial charge >= 0.3 is 12.0 Å². The quantitative estimate of drug-likeness (QED) is 0.846. The van der Waals surface area contributed by atoms with Crippen LogP contribution in [0.5, 0.6) is 0 Å². The average molecular weight is 236 g/mol. The maximum Gasteiger partial charge on any atom is 0.317 e. The van der Waals surface area contributed by atoms with Crippen LogP contribution in [0.15, 0.2) is 28.7 Å². The molecule has 90 valence electrons. The number of rotatable bonds is 4. The lowest BCUT2D eigenvalue weighted by Gasteiger charge is -2.11. The molecule has 0 radical (unpaired) electrons. The number of nitrogens with one attached hydrogen (secondary N) is 1. The summed E-state index contributed by atoms with van der Waals surface area (Å²) in [5, 5.41) is 10.2. The maximum absolute atomic E-state index is 12.7. The van der Waals surface area contributed by atoms with Crippen molar-refractivity contribution in [2.75, 3.05) is 11.1 Å². The lowest BCUT2D eigenvalue weighted by atomic mass is 10.1. The number of halogens is 1. The van der Waals surface area contributed by atoms with Gasteiger partial charge < -0.3 is 15.5 Å². The van der Waals surface area contributed by atoms with Crippen LogP contribution in [0.3, 0.4) is 0 Å². The molecular formula is C11H13FN4O. The summed E-state index contributed by atoms with van der Waals surface area (Å²) >= 11 is 0. The first-order chi connectivity index (χ1) is 8.13. The Morgan fingerprint density at radius 3 is 2.65 bits per heavy atom. The van der Waals surface area contributed by atoms with Gasteiger partial charge in [-0.2, -0.15) is 0 Å². The molecule has 1 heterocycles. The molecule has 1 atom stereocenters. The van der Waals surface area contributed by atoms with E-state index in [0.29, 0.717) is 0 Å². The molecule has 17 heavy (non-hydrogen) atoms. The van der Waals surface area contributed by atoms with Crippen LogP contribution in [0.4, 0.5) is 16.4 Å². The van der Waals surface area contributed by atoms with Crippen LogP contribution in [-0.4, -0.2) is 16.2 Å². The fourth-order valence-corrected chi connectivity index (χ4v) is 1.53. The molecule has 0 spiro atoms. The van der Waals surface area contributed by atoms with E-state index in [2.05, 4.69) is 15.5 Å². The number of hydrogen-bond acceptors (Lipinski definition) is 5. The van der Waals surface area contributed by atoms with Crippen LogP contribution in [0.2, 0.25) is 0 Å². The van der Waals surface area contributed by atoms with E-state index < -0.39 is 0 Å². The molecule has 6 heteroatoms. The highest BCUT2D eigenvalue weighted by Crippen LogP contribution is 2.11. The summed E-state index contributed by atoms with van der Waals surface area (Å²) in [6.45, 7) is 1.96. The second-order valence-corrected chi connectivity index (χ2v) is 3.82. The van der Waals surface area contributed by atoms with Crippen LogP contribution >= 0.6 is 0 Å². The Morgan fingerprint density at radius 1 is 1.35 bits per heavy atom. The molecule has 0 saturated carbocycles. The van der Waals surface area contributed by atoms with Gasteiger partial charge in [-0.25, -0.2) is 4.39 Å². The smallest absolute Gasteiger partial charge is 0.317 e. The minimum absolute atomic E-state index is 0.0292. The highest BCUT2D eigenvalue weighted by atomic mass is 19.1. The molecule has 2 aromatic rings. The van der Waals surface area contributed by atoms with Gasteiger partial charge in [0.15, 0.2) is 0 Å². The molecule has 0 aliphatic heterocycles. The largest absolute Gasteiger partial charge is 0.390 e. The van der Waals surface area contributed by atoms with E-state index in [1.54, 1.807) is 12.1 Å². The zero-order valence-electron chi connectivity index (χ0n) is 9.35. The van der Waals surface area contributed by atoms with Crippen molar-refractivity contribution in [3.05, 3.63) is 35.6 Å². The number of anilines is 2. The minimum atomic E-state index is -0.237. The molecule has 0 saturated heterocycles. The number of nitrogens with zero attached hydrogens (tertiary/aromatic N) is 2. The van der Waals surface area contributed by atoms with E-state index >= 15 is 0 Å². The summed E-state index contributed by atoms with van der Waals surface area (Å²) < 4.78 is 17.7. The van der Waals surface area contributed by atoms with Crippen molar-refractivity contribution in [3.63, 3.8) is 0 Å². The summed E-state index contributed by atoms with van der Waals surface area (Å²) in [6, 6.07) is 6.77. The first-order valence-corrected chi connectivity index (χ1v) is 5.23. The van der Waals surface area contributed by atoms with Crippen LogP contribution in [0, 0.1) is 5.82 Å². The maximum atomic E-state index is 12.7. The fraction of sp³-hybridized carbons (Fsp3) is 0.273. The Balaban J connectivity index is 1.93. The van der Waals surface area contributed by atoms with E-state index in [4.69, 9.17) is 10.2 Å². The molecular weight excluding hydrogens is 223 g/mol. The van der Waals surface area contributed by atoms with E-state index in [1.807, 2.05) is 6.92 Å². The molecule has 0 aliphatic carbocycles. The zero-order chi connectivity index (χ0) is 12.3. The van der Waals surface area contributed by atoms with Gasteiger partial charge in [-0.15, -0.1) is 0 Å².